The molecule has 0 aliphatic rings. The van der Waals surface area contributed by atoms with Gasteiger partial charge in [-0.1, -0.05) is 42.5 Å². The number of esters is 1. The lowest BCUT2D eigenvalue weighted by Crippen LogP contribution is -2.32. The highest BCUT2D eigenvalue weighted by molar-refractivity contribution is 7.10. The van der Waals surface area contributed by atoms with Crippen molar-refractivity contribution >= 4 is 40.2 Å². The van der Waals surface area contributed by atoms with Crippen LogP contribution in [0.4, 0.5) is 4.39 Å². The molecule has 2 heterocycles. The van der Waals surface area contributed by atoms with Crippen LogP contribution in [0.5, 0.6) is 0 Å². The summed E-state index contributed by atoms with van der Waals surface area (Å²) in [6.07, 6.45) is 4.57. The van der Waals surface area contributed by atoms with E-state index in [9.17, 15) is 14.0 Å². The molecule has 2 aromatic carbocycles. The van der Waals surface area contributed by atoms with Gasteiger partial charge in [0, 0.05) is 28.1 Å². The van der Waals surface area contributed by atoms with Crippen LogP contribution in [0.1, 0.15) is 22.0 Å². The highest BCUT2D eigenvalue weighted by atomic mass is 32.1. The number of ether oxygens (including phenoxy) is 1. The lowest BCUT2D eigenvalue weighted by molar-refractivity contribution is -0.143. The molecule has 5 nitrogen and oxygen atoms in total. The molecule has 2 aromatic heterocycles. The van der Waals surface area contributed by atoms with Crippen LogP contribution in [0.15, 0.2) is 84.4 Å². The number of hydrogen-bond donors (Lipinski definition) is 1. The van der Waals surface area contributed by atoms with Gasteiger partial charge in [-0.15, -0.1) is 11.3 Å². The van der Waals surface area contributed by atoms with E-state index in [4.69, 9.17) is 4.74 Å². The largest absolute Gasteiger partial charge is 0.452 e. The van der Waals surface area contributed by atoms with Crippen molar-refractivity contribution in [2.75, 3.05) is 6.61 Å². The fourth-order valence-corrected chi connectivity index (χ4v) is 4.04. The van der Waals surface area contributed by atoms with Crippen LogP contribution >= 0.6 is 11.3 Å². The molecule has 7 heteroatoms. The average molecular weight is 447 g/mol. The fourth-order valence-electron chi connectivity index (χ4n) is 3.24. The molecule has 160 valence electrons. The van der Waals surface area contributed by atoms with Gasteiger partial charge in [-0.25, -0.2) is 9.18 Å². The molecule has 0 aliphatic carbocycles. The molecule has 0 spiro atoms. The molecule has 1 unspecified atom stereocenters. The van der Waals surface area contributed by atoms with Crippen molar-refractivity contribution in [2.45, 2.75) is 6.04 Å². The van der Waals surface area contributed by atoms with Gasteiger partial charge in [0.1, 0.15) is 5.82 Å². The van der Waals surface area contributed by atoms with E-state index < -0.39 is 24.5 Å². The number of rotatable bonds is 7. The Morgan fingerprint density at radius 2 is 1.88 bits per heavy atom. The first-order valence-corrected chi connectivity index (χ1v) is 10.7. The molecule has 1 N–H and O–H groups in total. The minimum Gasteiger partial charge on any atom is -0.452 e. The topological polar surface area (TPSA) is 68.3 Å². The predicted molar refractivity (Wildman–Crippen MR) is 122 cm³/mol. The predicted octanol–water partition coefficient (Wildman–Crippen LogP) is 4.90. The number of benzene rings is 2. The monoisotopic (exact) mass is 446 g/mol. The summed E-state index contributed by atoms with van der Waals surface area (Å²) in [5.74, 6) is -1.45. The Bertz CT molecular complexity index is 1250. The van der Waals surface area contributed by atoms with Crippen LogP contribution in [-0.4, -0.2) is 23.5 Å². The molecule has 32 heavy (non-hydrogen) atoms. The van der Waals surface area contributed by atoms with Crippen molar-refractivity contribution in [3.8, 4) is 0 Å². The van der Waals surface area contributed by atoms with Crippen LogP contribution in [0.3, 0.4) is 0 Å². The van der Waals surface area contributed by atoms with E-state index in [0.29, 0.717) is 0 Å². The van der Waals surface area contributed by atoms with Gasteiger partial charge >= 0.3 is 5.97 Å². The normalized spacial score (nSPS) is 12.0. The highest BCUT2D eigenvalue weighted by Gasteiger charge is 2.18. The Kier molecular flexibility index (Phi) is 6.67. The maximum atomic E-state index is 13.3. The van der Waals surface area contributed by atoms with E-state index in [0.717, 1.165) is 26.9 Å². The van der Waals surface area contributed by atoms with Crippen molar-refractivity contribution in [3.63, 3.8) is 0 Å². The number of fused-ring (bicyclic) bond motifs is 1. The molecule has 4 rings (SSSR count). The van der Waals surface area contributed by atoms with Gasteiger partial charge in [0.25, 0.3) is 5.91 Å². The van der Waals surface area contributed by atoms with Gasteiger partial charge in [-0.3, -0.25) is 9.78 Å². The second-order valence-electron chi connectivity index (χ2n) is 6.93. The van der Waals surface area contributed by atoms with Crippen molar-refractivity contribution in [3.05, 3.63) is 106 Å². The van der Waals surface area contributed by atoms with Crippen LogP contribution in [0.25, 0.3) is 17.0 Å². The Hall–Kier alpha value is -3.84. The molecule has 4 aromatic rings. The zero-order valence-electron chi connectivity index (χ0n) is 16.9. The first kappa shape index (κ1) is 21.4. The first-order chi connectivity index (χ1) is 15.6. The number of carbonyl (C=O) groups is 2. The lowest BCUT2D eigenvalue weighted by atomic mass is 10.1. The number of carbonyl (C=O) groups excluding carboxylic acids is 2. The molecule has 0 radical (unpaired) electrons. The van der Waals surface area contributed by atoms with E-state index in [1.165, 1.54) is 29.5 Å². The molecule has 0 aliphatic heterocycles. The minimum absolute atomic E-state index is 0.355. The van der Waals surface area contributed by atoms with Gasteiger partial charge in [0.05, 0.1) is 11.6 Å². The molecule has 0 saturated heterocycles. The molecular formula is C25H19FN2O3S. The van der Waals surface area contributed by atoms with Gasteiger partial charge in [0.2, 0.25) is 0 Å². The molecule has 1 amide bonds. The Labute approximate surface area is 188 Å². The number of thiophene rings is 1. The third-order valence-electron chi connectivity index (χ3n) is 4.74. The van der Waals surface area contributed by atoms with Gasteiger partial charge in [-0.05, 0) is 41.3 Å². The standard InChI is InChI=1S/C25H19FN2O3S/c26-20-11-8-19(9-12-20)25(21-7-3-15-32-21)28-22(29)16-31-23(30)13-10-18-5-1-4-17-6-2-14-27-24(17)18/h1-15,25H,16H2,(H,28,29). The zero-order valence-corrected chi connectivity index (χ0v) is 17.7. The number of nitrogens with zero attached hydrogens (tertiary/aromatic N) is 1. The fraction of sp³-hybridized carbons (Fsp3) is 0.0800. The van der Waals surface area contributed by atoms with E-state index in [1.54, 1.807) is 24.4 Å². The first-order valence-electron chi connectivity index (χ1n) is 9.87. The maximum absolute atomic E-state index is 13.3. The number of hydrogen-bond acceptors (Lipinski definition) is 5. The summed E-state index contributed by atoms with van der Waals surface area (Å²) in [7, 11) is 0. The summed E-state index contributed by atoms with van der Waals surface area (Å²) in [5, 5.41) is 5.70. The summed E-state index contributed by atoms with van der Waals surface area (Å²) in [5.41, 5.74) is 2.28. The number of para-hydroxylation sites is 1. The smallest absolute Gasteiger partial charge is 0.331 e. The van der Waals surface area contributed by atoms with Crippen LogP contribution in [0.2, 0.25) is 0 Å². The van der Waals surface area contributed by atoms with Crippen molar-refractivity contribution in [2.24, 2.45) is 0 Å². The molecule has 1 atom stereocenters. The number of aromatic nitrogens is 1. The van der Waals surface area contributed by atoms with E-state index in [-0.39, 0.29) is 5.82 Å². The maximum Gasteiger partial charge on any atom is 0.331 e. The van der Waals surface area contributed by atoms with Gasteiger partial charge < -0.3 is 10.1 Å². The van der Waals surface area contributed by atoms with Gasteiger partial charge in [-0.2, -0.15) is 0 Å². The number of nitrogens with one attached hydrogen (secondary N) is 1. The SMILES string of the molecule is O=C(COC(=O)C=Cc1cccc2cccnc12)NC(c1ccc(F)cc1)c1cccs1. The summed E-state index contributed by atoms with van der Waals surface area (Å²) >= 11 is 1.47. The van der Waals surface area contributed by atoms with Crippen LogP contribution < -0.4 is 5.32 Å². The van der Waals surface area contributed by atoms with Gasteiger partial charge in [0.15, 0.2) is 6.61 Å². The number of pyridine rings is 1. The van der Waals surface area contributed by atoms with E-state index in [1.807, 2.05) is 47.8 Å². The minimum atomic E-state index is -0.637. The molecule has 0 saturated carbocycles. The Morgan fingerprint density at radius 3 is 2.66 bits per heavy atom. The van der Waals surface area contributed by atoms with Crippen LogP contribution in [-0.2, 0) is 14.3 Å². The summed E-state index contributed by atoms with van der Waals surface area (Å²) in [4.78, 5) is 29.8. The zero-order chi connectivity index (χ0) is 22.3. The van der Waals surface area contributed by atoms with E-state index in [2.05, 4.69) is 10.3 Å². The van der Waals surface area contributed by atoms with Crippen LogP contribution in [0, 0.1) is 5.82 Å². The second kappa shape index (κ2) is 9.98. The second-order valence-corrected chi connectivity index (χ2v) is 7.91. The Balaban J connectivity index is 1.38. The third kappa shape index (κ3) is 5.25. The molecule has 0 fully saturated rings. The highest BCUT2D eigenvalue weighted by Crippen LogP contribution is 2.26. The quantitative estimate of drug-likeness (QED) is 0.324. The summed E-state index contributed by atoms with van der Waals surface area (Å²) in [6.45, 7) is -0.431. The van der Waals surface area contributed by atoms with E-state index >= 15 is 0 Å². The number of halogens is 1. The summed E-state index contributed by atoms with van der Waals surface area (Å²) in [6, 6.07) is 18.7. The van der Waals surface area contributed by atoms with Crippen molar-refractivity contribution in [1.82, 2.24) is 10.3 Å². The molecular weight excluding hydrogens is 427 g/mol. The van der Waals surface area contributed by atoms with Crippen molar-refractivity contribution in [1.29, 1.82) is 0 Å². The third-order valence-corrected chi connectivity index (χ3v) is 5.68. The average Bonchev–Trinajstić information content (AvgIpc) is 3.35. The lowest BCUT2D eigenvalue weighted by Gasteiger charge is -2.18. The summed E-state index contributed by atoms with van der Waals surface area (Å²) < 4.78 is 18.4. The number of amides is 1. The molecule has 0 bridgehead atoms. The Morgan fingerprint density at radius 1 is 1.06 bits per heavy atom. The van der Waals surface area contributed by atoms with Crippen molar-refractivity contribution < 1.29 is 18.7 Å².